The maximum atomic E-state index is 12.3. The lowest BCUT2D eigenvalue weighted by atomic mass is 10.1. The maximum Gasteiger partial charge on any atom is 0.263 e. The Morgan fingerprint density at radius 3 is 2.75 bits per heavy atom. The van der Waals surface area contributed by atoms with Gasteiger partial charge in [-0.15, -0.1) is 0 Å². The van der Waals surface area contributed by atoms with Gasteiger partial charge in [0.25, 0.3) is 5.91 Å². The molecule has 0 bridgehead atoms. The Bertz CT molecular complexity index is 533. The SMILES string of the molecule is CC(Oc1cccc(Cl)c1C#N)C(=O)N1CCCCC1. The number of rotatable bonds is 3. The summed E-state index contributed by atoms with van der Waals surface area (Å²) in [6.45, 7) is 3.28. The van der Waals surface area contributed by atoms with Crippen molar-refractivity contribution < 1.29 is 9.53 Å². The zero-order chi connectivity index (χ0) is 14.5. The van der Waals surface area contributed by atoms with Crippen molar-refractivity contribution in [3.8, 4) is 11.8 Å². The number of likely N-dealkylation sites (tertiary alicyclic amines) is 1. The predicted octanol–water partition coefficient (Wildman–Crippen LogP) is 2.99. The summed E-state index contributed by atoms with van der Waals surface area (Å²) in [7, 11) is 0. The van der Waals surface area contributed by atoms with Crippen molar-refractivity contribution in [1.29, 1.82) is 5.26 Å². The fraction of sp³-hybridized carbons (Fsp3) is 0.467. The van der Waals surface area contributed by atoms with Crippen LogP contribution < -0.4 is 4.74 Å². The molecule has 106 valence electrons. The Labute approximate surface area is 123 Å². The fourth-order valence-corrected chi connectivity index (χ4v) is 2.53. The Hall–Kier alpha value is -1.73. The van der Waals surface area contributed by atoms with Crippen molar-refractivity contribution in [2.75, 3.05) is 13.1 Å². The zero-order valence-corrected chi connectivity index (χ0v) is 12.2. The Balaban J connectivity index is 2.08. The van der Waals surface area contributed by atoms with Crippen LogP contribution in [0.4, 0.5) is 0 Å². The third-order valence-electron chi connectivity index (χ3n) is 3.41. The molecule has 1 heterocycles. The second kappa shape index (κ2) is 6.62. The minimum Gasteiger partial charge on any atom is -0.479 e. The number of hydrogen-bond donors (Lipinski definition) is 0. The normalized spacial score (nSPS) is 16.4. The molecular formula is C15H17ClN2O2. The summed E-state index contributed by atoms with van der Waals surface area (Å²) in [5, 5.41) is 9.43. The van der Waals surface area contributed by atoms with E-state index in [4.69, 9.17) is 21.6 Å². The number of ether oxygens (including phenoxy) is 1. The van der Waals surface area contributed by atoms with E-state index in [0.717, 1.165) is 25.9 Å². The Morgan fingerprint density at radius 2 is 2.10 bits per heavy atom. The molecule has 1 aromatic carbocycles. The molecule has 0 spiro atoms. The number of amides is 1. The van der Waals surface area contributed by atoms with Crippen LogP contribution in [0.1, 0.15) is 31.7 Å². The van der Waals surface area contributed by atoms with Crippen LogP contribution in [0.5, 0.6) is 5.75 Å². The van der Waals surface area contributed by atoms with E-state index in [-0.39, 0.29) is 11.5 Å². The van der Waals surface area contributed by atoms with Crippen molar-refractivity contribution in [3.05, 3.63) is 28.8 Å². The van der Waals surface area contributed by atoms with Crippen molar-refractivity contribution in [1.82, 2.24) is 4.90 Å². The van der Waals surface area contributed by atoms with Crippen LogP contribution in [0, 0.1) is 11.3 Å². The van der Waals surface area contributed by atoms with Crippen LogP contribution in [-0.4, -0.2) is 30.0 Å². The number of nitrogens with zero attached hydrogens (tertiary/aromatic N) is 2. The van der Waals surface area contributed by atoms with Gasteiger partial charge in [0.2, 0.25) is 0 Å². The third-order valence-corrected chi connectivity index (χ3v) is 3.72. The molecule has 5 heteroatoms. The van der Waals surface area contributed by atoms with Gasteiger partial charge >= 0.3 is 0 Å². The molecule has 0 radical (unpaired) electrons. The van der Waals surface area contributed by atoms with Crippen LogP contribution in [0.15, 0.2) is 18.2 Å². The summed E-state index contributed by atoms with van der Waals surface area (Å²) in [4.78, 5) is 14.1. The topological polar surface area (TPSA) is 53.3 Å². The van der Waals surface area contributed by atoms with Crippen molar-refractivity contribution in [3.63, 3.8) is 0 Å². The molecule has 1 aliphatic rings. The van der Waals surface area contributed by atoms with Gasteiger partial charge in [0, 0.05) is 13.1 Å². The first-order valence-electron chi connectivity index (χ1n) is 6.77. The number of halogens is 1. The highest BCUT2D eigenvalue weighted by atomic mass is 35.5. The van der Waals surface area contributed by atoms with Crippen LogP contribution in [-0.2, 0) is 4.79 Å². The monoisotopic (exact) mass is 292 g/mol. The molecule has 1 aliphatic heterocycles. The Kier molecular flexibility index (Phi) is 4.86. The van der Waals surface area contributed by atoms with E-state index in [9.17, 15) is 4.79 Å². The molecule has 1 unspecified atom stereocenters. The van der Waals surface area contributed by atoms with E-state index in [2.05, 4.69) is 0 Å². The molecule has 0 saturated carbocycles. The second-order valence-corrected chi connectivity index (χ2v) is 5.28. The van der Waals surface area contributed by atoms with Gasteiger partial charge in [0.1, 0.15) is 17.4 Å². The van der Waals surface area contributed by atoms with E-state index in [1.54, 1.807) is 25.1 Å². The third kappa shape index (κ3) is 3.23. The van der Waals surface area contributed by atoms with Gasteiger partial charge in [0.15, 0.2) is 6.10 Å². The molecule has 0 N–H and O–H groups in total. The first-order chi connectivity index (χ1) is 9.63. The summed E-state index contributed by atoms with van der Waals surface area (Å²) in [6, 6.07) is 7.00. The van der Waals surface area contributed by atoms with E-state index in [1.807, 2.05) is 11.0 Å². The molecule has 1 atom stereocenters. The molecule has 0 aromatic heterocycles. The summed E-state index contributed by atoms with van der Waals surface area (Å²) < 4.78 is 5.63. The van der Waals surface area contributed by atoms with Crippen molar-refractivity contribution in [2.24, 2.45) is 0 Å². The molecule has 1 saturated heterocycles. The first-order valence-corrected chi connectivity index (χ1v) is 7.15. The van der Waals surface area contributed by atoms with E-state index >= 15 is 0 Å². The zero-order valence-electron chi connectivity index (χ0n) is 11.4. The lowest BCUT2D eigenvalue weighted by molar-refractivity contribution is -0.138. The lowest BCUT2D eigenvalue weighted by Gasteiger charge is -2.29. The summed E-state index contributed by atoms with van der Waals surface area (Å²) in [5.74, 6) is 0.325. The van der Waals surface area contributed by atoms with Gasteiger partial charge in [-0.25, -0.2) is 0 Å². The molecule has 1 amide bonds. The highest BCUT2D eigenvalue weighted by Crippen LogP contribution is 2.26. The summed E-state index contributed by atoms with van der Waals surface area (Å²) in [6.07, 6.45) is 2.64. The van der Waals surface area contributed by atoms with Crippen LogP contribution in [0.2, 0.25) is 5.02 Å². The quantitative estimate of drug-likeness (QED) is 0.860. The minimum atomic E-state index is -0.612. The van der Waals surface area contributed by atoms with Gasteiger partial charge in [-0.3, -0.25) is 4.79 Å². The van der Waals surface area contributed by atoms with E-state index in [0.29, 0.717) is 10.8 Å². The van der Waals surface area contributed by atoms with E-state index in [1.165, 1.54) is 6.42 Å². The fourth-order valence-electron chi connectivity index (χ4n) is 2.32. The average molecular weight is 293 g/mol. The predicted molar refractivity (Wildman–Crippen MR) is 76.7 cm³/mol. The van der Waals surface area contributed by atoms with Crippen LogP contribution in [0.3, 0.4) is 0 Å². The van der Waals surface area contributed by atoms with Gasteiger partial charge in [-0.05, 0) is 38.3 Å². The average Bonchev–Trinajstić information content (AvgIpc) is 2.47. The largest absolute Gasteiger partial charge is 0.479 e. The number of carbonyl (C=O) groups is 1. The number of benzene rings is 1. The molecule has 1 aromatic rings. The lowest BCUT2D eigenvalue weighted by Crippen LogP contribution is -2.43. The van der Waals surface area contributed by atoms with Gasteiger partial charge in [-0.1, -0.05) is 17.7 Å². The maximum absolute atomic E-state index is 12.3. The Morgan fingerprint density at radius 1 is 1.40 bits per heavy atom. The van der Waals surface area contributed by atoms with Crippen LogP contribution >= 0.6 is 11.6 Å². The molecule has 0 aliphatic carbocycles. The highest BCUT2D eigenvalue weighted by Gasteiger charge is 2.24. The number of carbonyl (C=O) groups excluding carboxylic acids is 1. The molecule has 1 fully saturated rings. The standard InChI is InChI=1S/C15H17ClN2O2/c1-11(15(19)18-8-3-2-4-9-18)20-14-7-5-6-13(16)12(14)10-17/h5-7,11H,2-4,8-9H2,1H3. The molecule has 20 heavy (non-hydrogen) atoms. The van der Waals surface area contributed by atoms with Crippen LogP contribution in [0.25, 0.3) is 0 Å². The van der Waals surface area contributed by atoms with Gasteiger partial charge < -0.3 is 9.64 Å². The van der Waals surface area contributed by atoms with E-state index < -0.39 is 6.10 Å². The number of piperidine rings is 1. The molecule has 4 nitrogen and oxygen atoms in total. The summed E-state index contributed by atoms with van der Waals surface area (Å²) in [5.41, 5.74) is 0.271. The highest BCUT2D eigenvalue weighted by molar-refractivity contribution is 6.31. The first kappa shape index (κ1) is 14.7. The number of hydrogen-bond acceptors (Lipinski definition) is 3. The summed E-state index contributed by atoms with van der Waals surface area (Å²) >= 11 is 5.94. The molecular weight excluding hydrogens is 276 g/mol. The van der Waals surface area contributed by atoms with Crippen molar-refractivity contribution in [2.45, 2.75) is 32.3 Å². The minimum absolute atomic E-state index is 0.0337. The molecule has 2 rings (SSSR count). The smallest absolute Gasteiger partial charge is 0.263 e. The van der Waals surface area contributed by atoms with Gasteiger partial charge in [-0.2, -0.15) is 5.26 Å². The van der Waals surface area contributed by atoms with Crippen molar-refractivity contribution >= 4 is 17.5 Å². The second-order valence-electron chi connectivity index (χ2n) is 4.87. The van der Waals surface area contributed by atoms with Gasteiger partial charge in [0.05, 0.1) is 5.02 Å². The number of nitriles is 1.